The van der Waals surface area contributed by atoms with Crippen molar-refractivity contribution in [2.75, 3.05) is 36.0 Å². The van der Waals surface area contributed by atoms with Crippen LogP contribution in [-0.2, 0) is 0 Å². The number of benzene rings is 1. The van der Waals surface area contributed by atoms with Crippen LogP contribution >= 0.6 is 11.6 Å². The average Bonchev–Trinajstić information content (AvgIpc) is 2.68. The summed E-state index contributed by atoms with van der Waals surface area (Å²) in [6.07, 6.45) is 5.09. The van der Waals surface area contributed by atoms with Crippen LogP contribution in [0.3, 0.4) is 0 Å². The van der Waals surface area contributed by atoms with E-state index >= 15 is 0 Å². The fraction of sp³-hybridized carbons (Fsp3) is 0.350. The Kier molecular flexibility index (Phi) is 4.74. The summed E-state index contributed by atoms with van der Waals surface area (Å²) in [5, 5.41) is 1.35. The van der Waals surface area contributed by atoms with Gasteiger partial charge < -0.3 is 9.80 Å². The Bertz CT molecular complexity index is 1020. The molecule has 3 heterocycles. The van der Waals surface area contributed by atoms with Crippen molar-refractivity contribution in [1.82, 2.24) is 14.5 Å². The highest BCUT2D eigenvalue weighted by Crippen LogP contribution is 2.27. The first-order valence-corrected chi connectivity index (χ1v) is 9.52. The zero-order chi connectivity index (χ0) is 19.0. The van der Waals surface area contributed by atoms with Crippen LogP contribution in [-0.4, -0.2) is 40.7 Å². The summed E-state index contributed by atoms with van der Waals surface area (Å²) < 4.78 is 1.67. The van der Waals surface area contributed by atoms with Crippen molar-refractivity contribution in [2.45, 2.75) is 19.9 Å². The second-order valence-electron chi connectivity index (χ2n) is 7.05. The molecule has 7 heteroatoms. The Labute approximate surface area is 163 Å². The molecule has 4 rings (SSSR count). The van der Waals surface area contributed by atoms with Crippen LogP contribution in [0.2, 0.25) is 5.02 Å². The van der Waals surface area contributed by atoms with Gasteiger partial charge in [-0.1, -0.05) is 11.6 Å². The number of halogens is 1. The molecule has 0 radical (unpaired) electrons. The van der Waals surface area contributed by atoms with Gasteiger partial charge in [0.2, 0.25) is 0 Å². The Morgan fingerprint density at radius 1 is 1.07 bits per heavy atom. The van der Waals surface area contributed by atoms with Gasteiger partial charge in [0, 0.05) is 50.3 Å². The third kappa shape index (κ3) is 3.37. The van der Waals surface area contributed by atoms with E-state index in [4.69, 9.17) is 11.6 Å². The molecule has 3 aromatic rings. The summed E-state index contributed by atoms with van der Waals surface area (Å²) >= 11 is 6.27. The summed E-state index contributed by atoms with van der Waals surface area (Å²) in [7, 11) is 0. The number of aromatic nitrogens is 3. The molecule has 0 saturated carbocycles. The number of rotatable bonds is 3. The van der Waals surface area contributed by atoms with Gasteiger partial charge in [0.05, 0.1) is 27.9 Å². The first kappa shape index (κ1) is 17.8. The SMILES string of the molecule is CC(C)n1cnc2cc(N3CCN(c4ccncc4Cl)CC3)ccc2c1=O. The van der Waals surface area contributed by atoms with Crippen LogP contribution in [0.5, 0.6) is 0 Å². The molecule has 1 aliphatic rings. The van der Waals surface area contributed by atoms with Gasteiger partial charge in [0.25, 0.3) is 5.56 Å². The minimum atomic E-state index is 0.0127. The number of pyridine rings is 1. The lowest BCUT2D eigenvalue weighted by atomic mass is 10.2. The number of anilines is 2. The van der Waals surface area contributed by atoms with Gasteiger partial charge in [-0.2, -0.15) is 0 Å². The molecule has 27 heavy (non-hydrogen) atoms. The maximum absolute atomic E-state index is 12.6. The van der Waals surface area contributed by atoms with Crippen molar-refractivity contribution in [2.24, 2.45) is 0 Å². The van der Waals surface area contributed by atoms with E-state index in [-0.39, 0.29) is 11.6 Å². The first-order valence-electron chi connectivity index (χ1n) is 9.15. The second kappa shape index (κ2) is 7.19. The van der Waals surface area contributed by atoms with E-state index < -0.39 is 0 Å². The summed E-state index contributed by atoms with van der Waals surface area (Å²) in [6.45, 7) is 7.49. The van der Waals surface area contributed by atoms with Gasteiger partial charge >= 0.3 is 0 Å². The predicted octanol–water partition coefficient (Wildman–Crippen LogP) is 3.35. The van der Waals surface area contributed by atoms with Crippen molar-refractivity contribution in [1.29, 1.82) is 0 Å². The zero-order valence-electron chi connectivity index (χ0n) is 15.5. The molecule has 0 unspecified atom stereocenters. The Morgan fingerprint density at radius 3 is 2.52 bits per heavy atom. The van der Waals surface area contributed by atoms with Gasteiger partial charge in [-0.3, -0.25) is 14.3 Å². The molecule has 0 bridgehead atoms. The largest absolute Gasteiger partial charge is 0.368 e. The summed E-state index contributed by atoms with van der Waals surface area (Å²) in [5.74, 6) is 0. The number of piperazine rings is 1. The van der Waals surface area contributed by atoms with E-state index in [0.717, 1.165) is 43.1 Å². The van der Waals surface area contributed by atoms with Crippen molar-refractivity contribution < 1.29 is 0 Å². The Balaban J connectivity index is 1.55. The number of hydrogen-bond acceptors (Lipinski definition) is 5. The number of nitrogens with zero attached hydrogens (tertiary/aromatic N) is 5. The number of fused-ring (bicyclic) bond motifs is 1. The van der Waals surface area contributed by atoms with Crippen LogP contribution in [0, 0.1) is 0 Å². The topological polar surface area (TPSA) is 54.3 Å². The highest BCUT2D eigenvalue weighted by Gasteiger charge is 2.20. The van der Waals surface area contributed by atoms with Crippen LogP contribution in [0.25, 0.3) is 10.9 Å². The third-order valence-corrected chi connectivity index (χ3v) is 5.35. The molecule has 0 amide bonds. The molecule has 1 saturated heterocycles. The van der Waals surface area contributed by atoms with Gasteiger partial charge in [-0.05, 0) is 38.1 Å². The lowest BCUT2D eigenvalue weighted by Gasteiger charge is -2.37. The first-order chi connectivity index (χ1) is 13.0. The summed E-state index contributed by atoms with van der Waals surface area (Å²) in [6, 6.07) is 7.98. The maximum atomic E-state index is 12.6. The summed E-state index contributed by atoms with van der Waals surface area (Å²) in [4.78, 5) is 25.7. The quantitative estimate of drug-likeness (QED) is 0.694. The second-order valence-corrected chi connectivity index (χ2v) is 7.46. The fourth-order valence-corrected chi connectivity index (χ4v) is 3.76. The Hall–Kier alpha value is -2.60. The van der Waals surface area contributed by atoms with E-state index in [1.165, 1.54) is 0 Å². The zero-order valence-corrected chi connectivity index (χ0v) is 16.2. The third-order valence-electron chi connectivity index (χ3n) is 5.06. The van der Waals surface area contributed by atoms with Crippen molar-refractivity contribution in [3.63, 3.8) is 0 Å². The highest BCUT2D eigenvalue weighted by molar-refractivity contribution is 6.33. The standard InChI is InChI=1S/C20H22ClN5O/c1-14(2)26-13-23-18-11-15(3-4-16(18)20(26)27)24-7-9-25(10-8-24)19-5-6-22-12-17(19)21/h3-6,11-14H,7-10H2,1-2H3. The smallest absolute Gasteiger partial charge is 0.261 e. The molecular weight excluding hydrogens is 362 g/mol. The van der Waals surface area contributed by atoms with Crippen LogP contribution in [0.15, 0.2) is 47.8 Å². The molecule has 2 aromatic heterocycles. The van der Waals surface area contributed by atoms with Gasteiger partial charge in [0.1, 0.15) is 0 Å². The average molecular weight is 384 g/mol. The van der Waals surface area contributed by atoms with Crippen molar-refractivity contribution in [3.8, 4) is 0 Å². The predicted molar refractivity (Wildman–Crippen MR) is 110 cm³/mol. The van der Waals surface area contributed by atoms with Crippen molar-refractivity contribution >= 4 is 33.9 Å². The van der Waals surface area contributed by atoms with Crippen LogP contribution in [0.4, 0.5) is 11.4 Å². The van der Waals surface area contributed by atoms with Gasteiger partial charge in [0.15, 0.2) is 0 Å². The molecule has 1 aromatic carbocycles. The minimum Gasteiger partial charge on any atom is -0.368 e. The van der Waals surface area contributed by atoms with Gasteiger partial charge in [-0.15, -0.1) is 0 Å². The molecule has 0 spiro atoms. The van der Waals surface area contributed by atoms with Crippen molar-refractivity contribution in [3.05, 3.63) is 58.4 Å². The molecular formula is C20H22ClN5O. The molecule has 140 valence electrons. The van der Waals surface area contributed by atoms with E-state index in [0.29, 0.717) is 10.4 Å². The molecule has 0 atom stereocenters. The highest BCUT2D eigenvalue weighted by atomic mass is 35.5. The monoisotopic (exact) mass is 383 g/mol. The molecule has 0 N–H and O–H groups in total. The van der Waals surface area contributed by atoms with E-state index in [9.17, 15) is 4.79 Å². The minimum absolute atomic E-state index is 0.0127. The molecule has 1 aliphatic heterocycles. The Morgan fingerprint density at radius 2 is 1.81 bits per heavy atom. The lowest BCUT2D eigenvalue weighted by molar-refractivity contribution is 0.573. The maximum Gasteiger partial charge on any atom is 0.261 e. The normalized spacial score (nSPS) is 15.0. The molecule has 0 aliphatic carbocycles. The van der Waals surface area contributed by atoms with E-state index in [2.05, 4.69) is 19.8 Å². The summed E-state index contributed by atoms with van der Waals surface area (Å²) in [5.41, 5.74) is 2.88. The molecule has 6 nitrogen and oxygen atoms in total. The van der Waals surface area contributed by atoms with E-state index in [1.54, 1.807) is 23.3 Å². The van der Waals surface area contributed by atoms with Gasteiger partial charge in [-0.25, -0.2) is 4.98 Å². The molecule has 1 fully saturated rings. The van der Waals surface area contributed by atoms with Crippen LogP contribution < -0.4 is 15.4 Å². The fourth-order valence-electron chi connectivity index (χ4n) is 3.52. The number of hydrogen-bond donors (Lipinski definition) is 0. The lowest BCUT2D eigenvalue weighted by Crippen LogP contribution is -2.46. The van der Waals surface area contributed by atoms with Crippen LogP contribution in [0.1, 0.15) is 19.9 Å². The van der Waals surface area contributed by atoms with E-state index in [1.807, 2.05) is 38.1 Å².